The van der Waals surface area contributed by atoms with Crippen LogP contribution in [-0.4, -0.2) is 95.4 Å². The number of benzene rings is 2. The van der Waals surface area contributed by atoms with Gasteiger partial charge in [0.15, 0.2) is 23.0 Å². The second kappa shape index (κ2) is 11.8. The zero-order valence-electron chi connectivity index (χ0n) is 20.6. The maximum atomic E-state index is 10.3. The van der Waals surface area contributed by atoms with Gasteiger partial charge < -0.3 is 54.3 Å². The van der Waals surface area contributed by atoms with Crippen molar-refractivity contribution in [1.29, 1.82) is 0 Å². The molecule has 0 amide bonds. The lowest BCUT2D eigenvalue weighted by atomic mass is 9.84. The fraction of sp³-hybridized carbons (Fsp3) is 0.538. The van der Waals surface area contributed by atoms with Gasteiger partial charge in [-0.25, -0.2) is 0 Å². The third-order valence-corrected chi connectivity index (χ3v) is 7.04. The topological polar surface area (TPSA) is 168 Å². The van der Waals surface area contributed by atoms with Crippen LogP contribution in [0.4, 0.5) is 0 Å². The molecule has 0 saturated carbocycles. The Morgan fingerprint density at radius 1 is 0.865 bits per heavy atom. The molecule has 2 aliphatic heterocycles. The van der Waals surface area contributed by atoms with Gasteiger partial charge in [0.2, 0.25) is 6.29 Å². The lowest BCUT2D eigenvalue weighted by Gasteiger charge is -2.39. The Bertz CT molecular complexity index is 1050. The largest absolute Gasteiger partial charge is 0.504 e. The number of hydrogen-bond acceptors (Lipinski definition) is 11. The molecule has 8 atom stereocenters. The van der Waals surface area contributed by atoms with E-state index in [2.05, 4.69) is 0 Å². The number of aliphatic hydroxyl groups is 5. The van der Waals surface area contributed by atoms with Crippen LogP contribution in [0, 0.1) is 11.8 Å². The van der Waals surface area contributed by atoms with E-state index >= 15 is 0 Å². The highest BCUT2D eigenvalue weighted by Crippen LogP contribution is 2.42. The first-order chi connectivity index (χ1) is 17.8. The molecule has 0 unspecified atom stereocenters. The summed E-state index contributed by atoms with van der Waals surface area (Å²) in [5.74, 6) is 0.766. The molecule has 0 aliphatic carbocycles. The van der Waals surface area contributed by atoms with E-state index < -0.39 is 37.3 Å². The first kappa shape index (κ1) is 27.4. The van der Waals surface area contributed by atoms with Crippen LogP contribution in [0.5, 0.6) is 23.0 Å². The van der Waals surface area contributed by atoms with Crippen molar-refractivity contribution in [1.82, 2.24) is 0 Å². The van der Waals surface area contributed by atoms with Crippen molar-refractivity contribution >= 4 is 0 Å². The highest BCUT2D eigenvalue weighted by molar-refractivity contribution is 5.44. The minimum absolute atomic E-state index is 0.00304. The summed E-state index contributed by atoms with van der Waals surface area (Å²) in [6.45, 7) is -0.229. The maximum absolute atomic E-state index is 10.3. The molecule has 2 aromatic carbocycles. The smallest absolute Gasteiger partial charge is 0.229 e. The maximum Gasteiger partial charge on any atom is 0.229 e. The van der Waals surface area contributed by atoms with E-state index in [4.69, 9.17) is 23.7 Å². The van der Waals surface area contributed by atoms with Gasteiger partial charge >= 0.3 is 0 Å². The van der Waals surface area contributed by atoms with E-state index in [-0.39, 0.29) is 36.0 Å². The Morgan fingerprint density at radius 2 is 1.62 bits per heavy atom. The van der Waals surface area contributed by atoms with Crippen molar-refractivity contribution in [2.75, 3.05) is 34.0 Å². The number of phenols is 1. The van der Waals surface area contributed by atoms with Gasteiger partial charge in [-0.05, 0) is 47.7 Å². The van der Waals surface area contributed by atoms with Gasteiger partial charge in [0.1, 0.15) is 24.4 Å². The summed E-state index contributed by atoms with van der Waals surface area (Å²) in [7, 11) is 2.93. The molecule has 2 fully saturated rings. The summed E-state index contributed by atoms with van der Waals surface area (Å²) in [4.78, 5) is 0. The van der Waals surface area contributed by atoms with Gasteiger partial charge in [0.05, 0.1) is 33.5 Å². The van der Waals surface area contributed by atoms with Crippen molar-refractivity contribution in [3.05, 3.63) is 47.5 Å². The predicted octanol–water partition coefficient (Wildman–Crippen LogP) is 0.127. The number of aromatic hydroxyl groups is 1. The van der Waals surface area contributed by atoms with Crippen LogP contribution in [0.25, 0.3) is 0 Å². The van der Waals surface area contributed by atoms with E-state index in [1.54, 1.807) is 24.3 Å². The van der Waals surface area contributed by atoms with Crippen LogP contribution < -0.4 is 14.2 Å². The van der Waals surface area contributed by atoms with E-state index in [0.717, 1.165) is 11.1 Å². The lowest BCUT2D eigenvalue weighted by molar-refractivity contribution is -0.277. The summed E-state index contributed by atoms with van der Waals surface area (Å²) in [6, 6.07) is 10.2. The Morgan fingerprint density at radius 3 is 2.30 bits per heavy atom. The monoisotopic (exact) mass is 522 g/mol. The summed E-state index contributed by atoms with van der Waals surface area (Å²) >= 11 is 0. The Balaban J connectivity index is 1.47. The molecule has 37 heavy (non-hydrogen) atoms. The van der Waals surface area contributed by atoms with Crippen LogP contribution in [-0.2, 0) is 15.9 Å². The summed E-state index contributed by atoms with van der Waals surface area (Å²) in [5.41, 5.74) is 1.70. The van der Waals surface area contributed by atoms with Gasteiger partial charge in [0.25, 0.3) is 0 Å². The summed E-state index contributed by atoms with van der Waals surface area (Å²) in [5, 5.41) is 59.7. The second-order valence-electron chi connectivity index (χ2n) is 9.30. The van der Waals surface area contributed by atoms with Gasteiger partial charge in [0, 0.05) is 12.5 Å². The molecule has 2 aliphatic rings. The standard InChI is InChI=1S/C26H34O11/c1-33-19-9-14(4-5-17(19)29)25-16(10-27)15(12-35-25)7-13-3-6-18(20(8-13)34-2)36-26-24(32)23(31)22(30)21(11-28)37-26/h3-6,8-9,15-16,21-32H,7,10-12H2,1-2H3/t15-,16+,21-,22-,23+,24-,25-,26-/m1/s1. The molecule has 11 nitrogen and oxygen atoms in total. The minimum Gasteiger partial charge on any atom is -0.504 e. The van der Waals surface area contributed by atoms with Crippen LogP contribution in [0.2, 0.25) is 0 Å². The highest BCUT2D eigenvalue weighted by atomic mass is 16.7. The number of rotatable bonds is 9. The Labute approximate surface area is 214 Å². The average Bonchev–Trinajstić information content (AvgIpc) is 3.32. The lowest BCUT2D eigenvalue weighted by Crippen LogP contribution is -2.60. The molecule has 11 heteroatoms. The molecule has 204 valence electrons. The molecule has 2 saturated heterocycles. The van der Waals surface area contributed by atoms with Crippen molar-refractivity contribution in [2.45, 2.75) is 43.2 Å². The molecule has 0 spiro atoms. The van der Waals surface area contributed by atoms with Gasteiger partial charge in [-0.15, -0.1) is 0 Å². The summed E-state index contributed by atoms with van der Waals surface area (Å²) in [6.07, 6.45) is -6.79. The Kier molecular flexibility index (Phi) is 8.75. The number of phenolic OH excluding ortho intramolecular Hbond substituents is 1. The Hall–Kier alpha value is -2.64. The minimum atomic E-state index is -1.56. The third-order valence-electron chi connectivity index (χ3n) is 7.04. The SMILES string of the molecule is COc1cc([C@H]2OC[C@@H](Cc3ccc(O[C@@H]4O[C@H](CO)[C@@H](O)[C@H](O)[C@H]4O)c(OC)c3)[C@@H]2CO)ccc1O. The zero-order valence-corrected chi connectivity index (χ0v) is 20.6. The van der Waals surface area contributed by atoms with E-state index in [9.17, 15) is 30.6 Å². The second-order valence-corrected chi connectivity index (χ2v) is 9.30. The number of ether oxygens (including phenoxy) is 5. The highest BCUT2D eigenvalue weighted by Gasteiger charge is 2.45. The molecule has 0 aromatic heterocycles. The molecule has 0 bridgehead atoms. The first-order valence-electron chi connectivity index (χ1n) is 12.0. The number of hydrogen-bond donors (Lipinski definition) is 6. The molecule has 2 aromatic rings. The van der Waals surface area contributed by atoms with Crippen LogP contribution in [0.3, 0.4) is 0 Å². The van der Waals surface area contributed by atoms with Gasteiger partial charge in [-0.3, -0.25) is 0 Å². The summed E-state index contributed by atoms with van der Waals surface area (Å²) < 4.78 is 27.9. The molecule has 0 radical (unpaired) electrons. The van der Waals surface area contributed by atoms with E-state index in [1.807, 2.05) is 6.07 Å². The fourth-order valence-corrected chi connectivity index (χ4v) is 4.92. The predicted molar refractivity (Wildman–Crippen MR) is 129 cm³/mol. The van der Waals surface area contributed by atoms with Crippen molar-refractivity contribution in [3.8, 4) is 23.0 Å². The molecular weight excluding hydrogens is 488 g/mol. The third kappa shape index (κ3) is 5.63. The van der Waals surface area contributed by atoms with E-state index in [0.29, 0.717) is 24.5 Å². The van der Waals surface area contributed by atoms with Crippen molar-refractivity contribution < 1.29 is 54.3 Å². The quantitative estimate of drug-likeness (QED) is 0.265. The molecule has 2 heterocycles. The van der Waals surface area contributed by atoms with Crippen LogP contribution in [0.1, 0.15) is 17.2 Å². The number of methoxy groups -OCH3 is 2. The van der Waals surface area contributed by atoms with Crippen molar-refractivity contribution in [2.24, 2.45) is 11.8 Å². The van der Waals surface area contributed by atoms with Crippen molar-refractivity contribution in [3.63, 3.8) is 0 Å². The fourth-order valence-electron chi connectivity index (χ4n) is 4.92. The molecule has 4 rings (SSSR count). The van der Waals surface area contributed by atoms with Crippen LogP contribution >= 0.6 is 0 Å². The molecular formula is C26H34O11. The van der Waals surface area contributed by atoms with Gasteiger partial charge in [-0.2, -0.15) is 0 Å². The van der Waals surface area contributed by atoms with Gasteiger partial charge in [-0.1, -0.05) is 12.1 Å². The van der Waals surface area contributed by atoms with Crippen LogP contribution in [0.15, 0.2) is 36.4 Å². The zero-order chi connectivity index (χ0) is 26.7. The number of aliphatic hydroxyl groups excluding tert-OH is 5. The first-order valence-corrected chi connectivity index (χ1v) is 12.0. The normalized spacial score (nSPS) is 31.8. The molecule has 6 N–H and O–H groups in total. The van der Waals surface area contributed by atoms with E-state index in [1.165, 1.54) is 20.3 Å². The average molecular weight is 523 g/mol.